The van der Waals surface area contributed by atoms with Crippen molar-refractivity contribution in [3.8, 4) is 0 Å². The molecule has 2 atom stereocenters. The maximum Gasteiger partial charge on any atom is 0.254 e. The summed E-state index contributed by atoms with van der Waals surface area (Å²) in [5.41, 5.74) is 0.464. The van der Waals surface area contributed by atoms with E-state index in [1.807, 2.05) is 13.8 Å². The van der Waals surface area contributed by atoms with Gasteiger partial charge in [0.25, 0.3) is 5.91 Å². The molecule has 1 rings (SSSR count). The lowest BCUT2D eigenvalue weighted by Crippen LogP contribution is -2.37. The molecule has 0 aliphatic rings. The van der Waals surface area contributed by atoms with E-state index in [9.17, 15) is 4.79 Å². The Bertz CT molecular complexity index is 318. The highest BCUT2D eigenvalue weighted by atomic mass is 35.5. The number of hydrogen-bond donors (Lipinski definition) is 1. The molecule has 0 fully saturated rings. The molecule has 0 aliphatic carbocycles. The standard InChI is InChI=1S/C10H14ClN3O/c1-7(3-11)8(2)14-10(15)9-4-12-6-13-5-9/h4-8H,3H2,1-2H3,(H,14,15). The van der Waals surface area contributed by atoms with Gasteiger partial charge in [-0.2, -0.15) is 0 Å². The zero-order valence-corrected chi connectivity index (χ0v) is 9.53. The lowest BCUT2D eigenvalue weighted by molar-refractivity contribution is 0.0930. The van der Waals surface area contributed by atoms with Crippen LogP contribution in [0.15, 0.2) is 18.7 Å². The van der Waals surface area contributed by atoms with Crippen LogP contribution in [0.25, 0.3) is 0 Å². The molecule has 0 saturated heterocycles. The predicted octanol–water partition coefficient (Wildman–Crippen LogP) is 1.47. The van der Waals surface area contributed by atoms with Crippen molar-refractivity contribution < 1.29 is 4.79 Å². The molecule has 0 aliphatic heterocycles. The van der Waals surface area contributed by atoms with Crippen LogP contribution < -0.4 is 5.32 Å². The van der Waals surface area contributed by atoms with E-state index < -0.39 is 0 Å². The number of rotatable bonds is 4. The summed E-state index contributed by atoms with van der Waals surface area (Å²) in [5.74, 6) is 0.590. The summed E-state index contributed by atoms with van der Waals surface area (Å²) in [7, 11) is 0. The Morgan fingerprint density at radius 3 is 2.60 bits per heavy atom. The minimum absolute atomic E-state index is 0.0372. The molecular formula is C10H14ClN3O. The van der Waals surface area contributed by atoms with E-state index in [4.69, 9.17) is 11.6 Å². The second-order valence-corrected chi connectivity index (χ2v) is 3.83. The van der Waals surface area contributed by atoms with E-state index in [0.29, 0.717) is 11.4 Å². The molecule has 1 aromatic heterocycles. The zero-order chi connectivity index (χ0) is 11.3. The van der Waals surface area contributed by atoms with Gasteiger partial charge >= 0.3 is 0 Å². The molecule has 1 heterocycles. The van der Waals surface area contributed by atoms with Gasteiger partial charge in [0.1, 0.15) is 6.33 Å². The molecule has 5 heteroatoms. The van der Waals surface area contributed by atoms with Crippen molar-refractivity contribution in [2.24, 2.45) is 5.92 Å². The van der Waals surface area contributed by atoms with Crippen LogP contribution in [0.5, 0.6) is 0 Å². The highest BCUT2D eigenvalue weighted by molar-refractivity contribution is 6.18. The monoisotopic (exact) mass is 227 g/mol. The molecule has 1 N–H and O–H groups in total. The summed E-state index contributed by atoms with van der Waals surface area (Å²) >= 11 is 5.70. The number of carbonyl (C=O) groups excluding carboxylic acids is 1. The Morgan fingerprint density at radius 1 is 1.47 bits per heavy atom. The number of alkyl halides is 1. The Kier molecular flexibility index (Phi) is 4.49. The topological polar surface area (TPSA) is 54.9 Å². The molecule has 1 aromatic rings. The fourth-order valence-electron chi connectivity index (χ4n) is 0.982. The fraction of sp³-hybridized carbons (Fsp3) is 0.500. The predicted molar refractivity (Wildman–Crippen MR) is 58.8 cm³/mol. The molecule has 1 amide bonds. The third kappa shape index (κ3) is 3.47. The van der Waals surface area contributed by atoms with E-state index in [2.05, 4.69) is 15.3 Å². The largest absolute Gasteiger partial charge is 0.349 e. The molecule has 0 saturated carbocycles. The van der Waals surface area contributed by atoms with Gasteiger partial charge in [-0.3, -0.25) is 4.79 Å². The number of aromatic nitrogens is 2. The molecule has 15 heavy (non-hydrogen) atoms. The van der Waals surface area contributed by atoms with E-state index in [0.717, 1.165) is 0 Å². The summed E-state index contributed by atoms with van der Waals surface area (Å²) < 4.78 is 0. The maximum atomic E-state index is 11.6. The van der Waals surface area contributed by atoms with Gasteiger partial charge in [-0.05, 0) is 12.8 Å². The second-order valence-electron chi connectivity index (χ2n) is 3.52. The first kappa shape index (κ1) is 11.9. The van der Waals surface area contributed by atoms with Crippen LogP contribution in [0.2, 0.25) is 0 Å². The third-order valence-corrected chi connectivity index (χ3v) is 2.77. The summed E-state index contributed by atoms with van der Waals surface area (Å²) in [4.78, 5) is 19.2. The lowest BCUT2D eigenvalue weighted by atomic mass is 10.1. The molecule has 0 radical (unpaired) electrons. The fourth-order valence-corrected chi connectivity index (χ4v) is 1.25. The summed E-state index contributed by atoms with van der Waals surface area (Å²) in [6.45, 7) is 3.91. The average molecular weight is 228 g/mol. The van der Waals surface area contributed by atoms with Crippen LogP contribution in [0, 0.1) is 5.92 Å². The Balaban J connectivity index is 2.57. The van der Waals surface area contributed by atoms with Crippen molar-refractivity contribution in [2.75, 3.05) is 5.88 Å². The van der Waals surface area contributed by atoms with Crippen LogP contribution in [0.1, 0.15) is 24.2 Å². The van der Waals surface area contributed by atoms with E-state index in [1.165, 1.54) is 18.7 Å². The number of hydrogen-bond acceptors (Lipinski definition) is 3. The van der Waals surface area contributed by atoms with Gasteiger partial charge < -0.3 is 5.32 Å². The van der Waals surface area contributed by atoms with Crippen molar-refractivity contribution >= 4 is 17.5 Å². The van der Waals surface area contributed by atoms with Crippen molar-refractivity contribution in [1.29, 1.82) is 0 Å². The third-order valence-electron chi connectivity index (χ3n) is 2.28. The maximum absolute atomic E-state index is 11.6. The number of nitrogens with one attached hydrogen (secondary N) is 1. The average Bonchev–Trinajstić information content (AvgIpc) is 2.29. The van der Waals surface area contributed by atoms with Gasteiger partial charge in [-0.25, -0.2) is 9.97 Å². The van der Waals surface area contributed by atoms with Crippen LogP contribution >= 0.6 is 11.6 Å². The van der Waals surface area contributed by atoms with Gasteiger partial charge in [-0.15, -0.1) is 11.6 Å². The van der Waals surface area contributed by atoms with Crippen molar-refractivity contribution in [3.63, 3.8) is 0 Å². The highest BCUT2D eigenvalue weighted by Gasteiger charge is 2.14. The lowest BCUT2D eigenvalue weighted by Gasteiger charge is -2.18. The van der Waals surface area contributed by atoms with Crippen LogP contribution in [-0.4, -0.2) is 27.8 Å². The number of halogens is 1. The Hall–Kier alpha value is -1.16. The van der Waals surface area contributed by atoms with Crippen molar-refractivity contribution in [1.82, 2.24) is 15.3 Å². The van der Waals surface area contributed by atoms with Gasteiger partial charge in [0.2, 0.25) is 0 Å². The highest BCUT2D eigenvalue weighted by Crippen LogP contribution is 2.05. The van der Waals surface area contributed by atoms with E-state index in [-0.39, 0.29) is 17.9 Å². The first-order valence-electron chi connectivity index (χ1n) is 4.77. The summed E-state index contributed by atoms with van der Waals surface area (Å²) in [6.07, 6.45) is 4.36. The summed E-state index contributed by atoms with van der Waals surface area (Å²) in [6, 6.07) is 0.0372. The minimum atomic E-state index is -0.167. The van der Waals surface area contributed by atoms with Crippen LogP contribution in [-0.2, 0) is 0 Å². The number of carbonyl (C=O) groups is 1. The minimum Gasteiger partial charge on any atom is -0.349 e. The van der Waals surface area contributed by atoms with Gasteiger partial charge in [0, 0.05) is 24.3 Å². The molecule has 0 bridgehead atoms. The van der Waals surface area contributed by atoms with Crippen molar-refractivity contribution in [3.05, 3.63) is 24.3 Å². The molecule has 0 aromatic carbocycles. The Labute approximate surface area is 94.1 Å². The van der Waals surface area contributed by atoms with E-state index >= 15 is 0 Å². The van der Waals surface area contributed by atoms with Gasteiger partial charge in [-0.1, -0.05) is 6.92 Å². The quantitative estimate of drug-likeness (QED) is 0.793. The molecule has 4 nitrogen and oxygen atoms in total. The van der Waals surface area contributed by atoms with E-state index in [1.54, 1.807) is 0 Å². The first-order valence-corrected chi connectivity index (χ1v) is 5.30. The van der Waals surface area contributed by atoms with Gasteiger partial charge in [0.05, 0.1) is 5.56 Å². The zero-order valence-electron chi connectivity index (χ0n) is 8.77. The first-order chi connectivity index (χ1) is 7.15. The Morgan fingerprint density at radius 2 is 2.07 bits per heavy atom. The normalized spacial score (nSPS) is 14.3. The SMILES string of the molecule is CC(CCl)C(C)NC(=O)c1cncnc1. The van der Waals surface area contributed by atoms with Crippen LogP contribution in [0.4, 0.5) is 0 Å². The smallest absolute Gasteiger partial charge is 0.254 e. The summed E-state index contributed by atoms with van der Waals surface area (Å²) in [5, 5.41) is 2.84. The number of nitrogens with zero attached hydrogens (tertiary/aromatic N) is 2. The van der Waals surface area contributed by atoms with Crippen molar-refractivity contribution in [2.45, 2.75) is 19.9 Å². The molecule has 0 spiro atoms. The van der Waals surface area contributed by atoms with Gasteiger partial charge in [0.15, 0.2) is 0 Å². The molecule has 2 unspecified atom stereocenters. The molecule has 82 valence electrons. The van der Waals surface area contributed by atoms with Crippen LogP contribution in [0.3, 0.4) is 0 Å². The molecular weight excluding hydrogens is 214 g/mol. The number of amides is 1. The second kappa shape index (κ2) is 5.66.